The third-order valence-electron chi connectivity index (χ3n) is 8.12. The van der Waals surface area contributed by atoms with Gasteiger partial charge in [-0.3, -0.25) is 4.98 Å². The lowest BCUT2D eigenvalue weighted by atomic mass is 9.74. The lowest BCUT2D eigenvalue weighted by molar-refractivity contribution is 0.211. The molecule has 0 saturated heterocycles. The van der Waals surface area contributed by atoms with Crippen LogP contribution in [-0.2, 0) is 6.42 Å². The second-order valence-corrected chi connectivity index (χ2v) is 10.3. The molecule has 1 heterocycles. The van der Waals surface area contributed by atoms with E-state index in [1.54, 1.807) is 0 Å². The van der Waals surface area contributed by atoms with Crippen molar-refractivity contribution in [3.63, 3.8) is 0 Å². The molecule has 3 rings (SSSR count). The monoisotopic (exact) mass is 413 g/mol. The molecule has 0 aliphatic heterocycles. The van der Waals surface area contributed by atoms with Gasteiger partial charge in [0.25, 0.3) is 0 Å². The normalized spacial score (nSPS) is 27.1. The molecule has 30 heavy (non-hydrogen) atoms. The maximum atomic E-state index is 5.78. The topological polar surface area (TPSA) is 22.1 Å². The predicted molar refractivity (Wildman–Crippen MR) is 128 cm³/mol. The first kappa shape index (κ1) is 23.6. The van der Waals surface area contributed by atoms with Crippen LogP contribution < -0.4 is 4.74 Å². The van der Waals surface area contributed by atoms with Gasteiger partial charge in [0.05, 0.1) is 12.8 Å². The molecular formula is C28H47NO. The van der Waals surface area contributed by atoms with Crippen molar-refractivity contribution in [2.45, 2.75) is 117 Å². The molecule has 0 aromatic carbocycles. The molecule has 1 aromatic heterocycles. The quantitative estimate of drug-likeness (QED) is 0.321. The smallest absolute Gasteiger partial charge is 0.137 e. The van der Waals surface area contributed by atoms with Crippen molar-refractivity contribution in [3.05, 3.63) is 24.0 Å². The molecule has 2 nitrogen and oxygen atoms in total. The van der Waals surface area contributed by atoms with Gasteiger partial charge in [0, 0.05) is 5.69 Å². The van der Waals surface area contributed by atoms with E-state index in [1.807, 2.05) is 6.20 Å². The summed E-state index contributed by atoms with van der Waals surface area (Å²) >= 11 is 0. The lowest BCUT2D eigenvalue weighted by Gasteiger charge is -2.31. The van der Waals surface area contributed by atoms with E-state index >= 15 is 0 Å². The number of nitrogens with zero attached hydrogens (tertiary/aromatic N) is 1. The Morgan fingerprint density at radius 3 is 1.90 bits per heavy atom. The first-order chi connectivity index (χ1) is 14.8. The van der Waals surface area contributed by atoms with Crippen molar-refractivity contribution in [2.75, 3.05) is 6.61 Å². The van der Waals surface area contributed by atoms with Crippen LogP contribution in [0.4, 0.5) is 0 Å². The Hall–Kier alpha value is -1.05. The predicted octanol–water partition coefficient (Wildman–Crippen LogP) is 8.39. The maximum absolute atomic E-state index is 5.78. The van der Waals surface area contributed by atoms with Gasteiger partial charge in [0.15, 0.2) is 0 Å². The molecule has 2 saturated carbocycles. The van der Waals surface area contributed by atoms with Gasteiger partial charge in [-0.2, -0.15) is 0 Å². The van der Waals surface area contributed by atoms with E-state index in [0.29, 0.717) is 0 Å². The highest BCUT2D eigenvalue weighted by Crippen LogP contribution is 2.38. The highest BCUT2D eigenvalue weighted by molar-refractivity contribution is 5.19. The van der Waals surface area contributed by atoms with Crippen LogP contribution in [0.3, 0.4) is 0 Å². The summed E-state index contributed by atoms with van der Waals surface area (Å²) in [6.45, 7) is 5.41. The second kappa shape index (κ2) is 13.4. The summed E-state index contributed by atoms with van der Waals surface area (Å²) < 4.78 is 5.78. The van der Waals surface area contributed by atoms with Gasteiger partial charge < -0.3 is 4.74 Å². The van der Waals surface area contributed by atoms with Gasteiger partial charge >= 0.3 is 0 Å². The van der Waals surface area contributed by atoms with Crippen molar-refractivity contribution in [1.82, 2.24) is 4.98 Å². The van der Waals surface area contributed by atoms with Crippen LogP contribution in [0.25, 0.3) is 0 Å². The van der Waals surface area contributed by atoms with Crippen LogP contribution in [0.5, 0.6) is 5.75 Å². The third kappa shape index (κ3) is 8.23. The van der Waals surface area contributed by atoms with Gasteiger partial charge in [-0.25, -0.2) is 0 Å². The molecule has 0 spiro atoms. The summed E-state index contributed by atoms with van der Waals surface area (Å²) in [6.07, 6.45) is 24.3. The van der Waals surface area contributed by atoms with Crippen LogP contribution >= 0.6 is 0 Å². The van der Waals surface area contributed by atoms with Gasteiger partial charge in [-0.1, -0.05) is 97.3 Å². The Bertz CT molecular complexity index is 553. The number of ether oxygens (including phenoxy) is 1. The SMILES string of the molecule is CCCCCOc1ccc(CCC2CCC(CCC3CCC(CC)CC3)CC2)nc1. The lowest BCUT2D eigenvalue weighted by Crippen LogP contribution is -2.18. The molecule has 0 bridgehead atoms. The van der Waals surface area contributed by atoms with Crippen molar-refractivity contribution in [3.8, 4) is 5.75 Å². The fraction of sp³-hybridized carbons (Fsp3) is 0.821. The zero-order valence-corrected chi connectivity index (χ0v) is 19.9. The number of unbranched alkanes of at least 4 members (excludes halogenated alkanes) is 2. The summed E-state index contributed by atoms with van der Waals surface area (Å²) in [4.78, 5) is 4.64. The molecule has 0 N–H and O–H groups in total. The molecular weight excluding hydrogens is 366 g/mol. The Kier molecular flexibility index (Phi) is 10.5. The number of pyridine rings is 1. The molecule has 0 unspecified atom stereocenters. The van der Waals surface area contributed by atoms with E-state index in [2.05, 4.69) is 31.0 Å². The van der Waals surface area contributed by atoms with Crippen molar-refractivity contribution in [2.24, 2.45) is 23.7 Å². The van der Waals surface area contributed by atoms with E-state index in [0.717, 1.165) is 48.9 Å². The Morgan fingerprint density at radius 1 is 0.767 bits per heavy atom. The highest BCUT2D eigenvalue weighted by atomic mass is 16.5. The van der Waals surface area contributed by atoms with Crippen LogP contribution in [0.2, 0.25) is 0 Å². The third-order valence-corrected chi connectivity index (χ3v) is 8.12. The van der Waals surface area contributed by atoms with Gasteiger partial charge in [0.2, 0.25) is 0 Å². The minimum atomic E-state index is 0.818. The number of rotatable bonds is 12. The fourth-order valence-electron chi connectivity index (χ4n) is 5.75. The van der Waals surface area contributed by atoms with E-state index in [4.69, 9.17) is 4.74 Å². The highest BCUT2D eigenvalue weighted by Gasteiger charge is 2.24. The molecule has 170 valence electrons. The van der Waals surface area contributed by atoms with E-state index in [1.165, 1.54) is 95.6 Å². The average Bonchev–Trinajstić information content (AvgIpc) is 2.81. The number of aromatic nitrogens is 1. The maximum Gasteiger partial charge on any atom is 0.137 e. The molecule has 0 radical (unpaired) electrons. The molecule has 2 aliphatic rings. The number of aryl methyl sites for hydroxylation is 1. The van der Waals surface area contributed by atoms with E-state index < -0.39 is 0 Å². The van der Waals surface area contributed by atoms with Crippen LogP contribution in [0.1, 0.15) is 116 Å². The van der Waals surface area contributed by atoms with Crippen molar-refractivity contribution >= 4 is 0 Å². The van der Waals surface area contributed by atoms with Gasteiger partial charge in [0.1, 0.15) is 5.75 Å². The summed E-state index contributed by atoms with van der Waals surface area (Å²) in [7, 11) is 0. The first-order valence-corrected chi connectivity index (χ1v) is 13.3. The summed E-state index contributed by atoms with van der Waals surface area (Å²) in [5, 5.41) is 0. The van der Waals surface area contributed by atoms with Crippen LogP contribution in [-0.4, -0.2) is 11.6 Å². The van der Waals surface area contributed by atoms with E-state index in [9.17, 15) is 0 Å². The van der Waals surface area contributed by atoms with Gasteiger partial charge in [-0.15, -0.1) is 0 Å². The molecule has 0 amide bonds. The van der Waals surface area contributed by atoms with Crippen LogP contribution in [0.15, 0.2) is 18.3 Å². The van der Waals surface area contributed by atoms with Crippen molar-refractivity contribution in [1.29, 1.82) is 0 Å². The van der Waals surface area contributed by atoms with Crippen molar-refractivity contribution < 1.29 is 4.74 Å². The standard InChI is InChI=1S/C28H47NO/c1-3-5-6-21-30-28-20-19-27(29-22-28)18-17-26-15-13-25(14-16-26)12-11-24-9-7-23(4-2)8-10-24/h19-20,22-26H,3-18,21H2,1-2H3. The number of hydrogen-bond donors (Lipinski definition) is 0. The minimum absolute atomic E-state index is 0.818. The average molecular weight is 414 g/mol. The minimum Gasteiger partial charge on any atom is -0.492 e. The zero-order valence-electron chi connectivity index (χ0n) is 19.9. The first-order valence-electron chi connectivity index (χ1n) is 13.3. The molecule has 0 atom stereocenters. The summed E-state index contributed by atoms with van der Waals surface area (Å²) in [5.41, 5.74) is 1.24. The second-order valence-electron chi connectivity index (χ2n) is 10.3. The fourth-order valence-corrected chi connectivity index (χ4v) is 5.75. The Labute approximate surface area is 186 Å². The Morgan fingerprint density at radius 2 is 1.37 bits per heavy atom. The largest absolute Gasteiger partial charge is 0.492 e. The zero-order chi connectivity index (χ0) is 21.0. The number of hydrogen-bond acceptors (Lipinski definition) is 2. The summed E-state index contributed by atoms with van der Waals surface area (Å²) in [5.74, 6) is 4.97. The molecule has 1 aromatic rings. The molecule has 2 fully saturated rings. The Balaban J connectivity index is 1.26. The van der Waals surface area contributed by atoms with E-state index in [-0.39, 0.29) is 0 Å². The van der Waals surface area contributed by atoms with Gasteiger partial charge in [-0.05, 0) is 55.1 Å². The molecule has 2 heteroatoms. The summed E-state index contributed by atoms with van der Waals surface area (Å²) in [6, 6.07) is 4.28. The molecule has 2 aliphatic carbocycles. The van der Waals surface area contributed by atoms with Crippen LogP contribution in [0, 0.1) is 23.7 Å².